The van der Waals surface area contributed by atoms with E-state index in [0.29, 0.717) is 11.3 Å². The third kappa shape index (κ3) is 4.37. The molecule has 0 radical (unpaired) electrons. The van der Waals surface area contributed by atoms with Crippen LogP contribution in [0.4, 0.5) is 17.3 Å². The molecule has 1 aromatic carbocycles. The summed E-state index contributed by atoms with van der Waals surface area (Å²) in [6.45, 7) is 7.63. The van der Waals surface area contributed by atoms with E-state index in [4.69, 9.17) is 0 Å². The minimum Gasteiger partial charge on any atom is -0.353 e. The van der Waals surface area contributed by atoms with Gasteiger partial charge in [0.25, 0.3) is 5.91 Å². The van der Waals surface area contributed by atoms with Gasteiger partial charge in [-0.1, -0.05) is 12.1 Å². The van der Waals surface area contributed by atoms with Crippen LogP contribution in [0, 0.1) is 13.8 Å². The minimum atomic E-state index is -0.119. The van der Waals surface area contributed by atoms with Crippen molar-refractivity contribution in [2.24, 2.45) is 0 Å². The van der Waals surface area contributed by atoms with Crippen LogP contribution in [0.25, 0.3) is 0 Å². The summed E-state index contributed by atoms with van der Waals surface area (Å²) < 4.78 is 0. The summed E-state index contributed by atoms with van der Waals surface area (Å²) in [7, 11) is 0. The first-order chi connectivity index (χ1) is 14.1. The summed E-state index contributed by atoms with van der Waals surface area (Å²) in [5.74, 6) is 1.82. The van der Waals surface area contributed by atoms with Gasteiger partial charge in [-0.15, -0.1) is 0 Å². The highest BCUT2D eigenvalue weighted by molar-refractivity contribution is 6.04. The molecule has 6 heteroatoms. The van der Waals surface area contributed by atoms with Crippen LogP contribution in [0.3, 0.4) is 0 Å². The summed E-state index contributed by atoms with van der Waals surface area (Å²) in [6, 6.07) is 15.6. The molecule has 1 N–H and O–H groups in total. The Labute approximate surface area is 171 Å². The van der Waals surface area contributed by atoms with Crippen molar-refractivity contribution >= 4 is 23.2 Å². The first kappa shape index (κ1) is 18.9. The Morgan fingerprint density at radius 2 is 1.59 bits per heavy atom. The van der Waals surface area contributed by atoms with Crippen LogP contribution in [0.1, 0.15) is 21.5 Å². The number of aromatic nitrogens is 2. The number of nitrogens with one attached hydrogen (secondary N) is 1. The monoisotopic (exact) mass is 387 g/mol. The van der Waals surface area contributed by atoms with Crippen LogP contribution in [0.2, 0.25) is 0 Å². The van der Waals surface area contributed by atoms with Crippen molar-refractivity contribution in [2.75, 3.05) is 41.3 Å². The van der Waals surface area contributed by atoms with Crippen LogP contribution in [0.5, 0.6) is 0 Å². The summed E-state index contributed by atoms with van der Waals surface area (Å²) >= 11 is 0. The molecule has 148 valence electrons. The van der Waals surface area contributed by atoms with Gasteiger partial charge in [-0.3, -0.25) is 4.79 Å². The van der Waals surface area contributed by atoms with E-state index >= 15 is 0 Å². The highest BCUT2D eigenvalue weighted by Crippen LogP contribution is 2.19. The molecule has 0 bridgehead atoms. The van der Waals surface area contributed by atoms with Crippen LogP contribution in [0.15, 0.2) is 60.9 Å². The van der Waals surface area contributed by atoms with Gasteiger partial charge < -0.3 is 15.1 Å². The summed E-state index contributed by atoms with van der Waals surface area (Å²) in [5.41, 5.74) is 3.64. The van der Waals surface area contributed by atoms with Crippen molar-refractivity contribution in [3.63, 3.8) is 0 Å². The molecule has 1 saturated heterocycles. The van der Waals surface area contributed by atoms with Gasteiger partial charge in [-0.25, -0.2) is 9.97 Å². The minimum absolute atomic E-state index is 0.119. The molecular formula is C23H25N5O. The molecule has 0 atom stereocenters. The molecular weight excluding hydrogens is 362 g/mol. The zero-order valence-electron chi connectivity index (χ0n) is 16.8. The number of piperazine rings is 1. The lowest BCUT2D eigenvalue weighted by molar-refractivity contribution is 0.102. The van der Waals surface area contributed by atoms with Crippen LogP contribution >= 0.6 is 0 Å². The van der Waals surface area contributed by atoms with Crippen molar-refractivity contribution in [2.45, 2.75) is 13.8 Å². The van der Waals surface area contributed by atoms with Crippen molar-refractivity contribution in [1.29, 1.82) is 0 Å². The molecule has 1 aliphatic rings. The van der Waals surface area contributed by atoms with E-state index in [1.54, 1.807) is 6.20 Å². The lowest BCUT2D eigenvalue weighted by Gasteiger charge is -2.36. The predicted octanol–water partition coefficient (Wildman–Crippen LogP) is 3.67. The lowest BCUT2D eigenvalue weighted by Crippen LogP contribution is -2.47. The molecule has 3 heterocycles. The number of anilines is 3. The molecule has 1 amide bonds. The Morgan fingerprint density at radius 1 is 0.862 bits per heavy atom. The van der Waals surface area contributed by atoms with E-state index in [-0.39, 0.29) is 5.91 Å². The van der Waals surface area contributed by atoms with Crippen LogP contribution in [-0.4, -0.2) is 42.1 Å². The largest absolute Gasteiger partial charge is 0.353 e. The topological polar surface area (TPSA) is 61.4 Å². The van der Waals surface area contributed by atoms with Gasteiger partial charge in [0.2, 0.25) is 0 Å². The van der Waals surface area contributed by atoms with E-state index in [9.17, 15) is 4.79 Å². The van der Waals surface area contributed by atoms with Gasteiger partial charge in [0.05, 0.1) is 11.9 Å². The second-order valence-electron chi connectivity index (χ2n) is 7.32. The van der Waals surface area contributed by atoms with Crippen molar-refractivity contribution in [1.82, 2.24) is 9.97 Å². The van der Waals surface area contributed by atoms with E-state index in [2.05, 4.69) is 25.1 Å². The number of aryl methyl sites for hydroxylation is 2. The normalized spacial score (nSPS) is 14.0. The SMILES string of the molecule is Cc1ccc(C(=O)Nc2ccc(N3CCN(c4ccccn4)CC3)nc2)cc1C. The van der Waals surface area contributed by atoms with Gasteiger partial charge in [0, 0.05) is 37.9 Å². The Morgan fingerprint density at radius 3 is 2.17 bits per heavy atom. The lowest BCUT2D eigenvalue weighted by atomic mass is 10.1. The predicted molar refractivity (Wildman–Crippen MR) is 117 cm³/mol. The van der Waals surface area contributed by atoms with E-state index < -0.39 is 0 Å². The number of hydrogen-bond donors (Lipinski definition) is 1. The van der Waals surface area contributed by atoms with Crippen LogP contribution < -0.4 is 15.1 Å². The zero-order valence-corrected chi connectivity index (χ0v) is 16.8. The van der Waals surface area contributed by atoms with Crippen molar-refractivity contribution in [3.05, 3.63) is 77.6 Å². The van der Waals surface area contributed by atoms with E-state index in [0.717, 1.165) is 43.4 Å². The van der Waals surface area contributed by atoms with Gasteiger partial charge in [-0.05, 0) is 61.4 Å². The fraction of sp³-hybridized carbons (Fsp3) is 0.261. The third-order valence-corrected chi connectivity index (χ3v) is 5.35. The van der Waals surface area contributed by atoms with Gasteiger partial charge >= 0.3 is 0 Å². The second kappa shape index (κ2) is 8.31. The molecule has 6 nitrogen and oxygen atoms in total. The molecule has 0 unspecified atom stereocenters. The Balaban J connectivity index is 1.36. The maximum absolute atomic E-state index is 12.5. The number of rotatable bonds is 4. The number of hydrogen-bond acceptors (Lipinski definition) is 5. The quantitative estimate of drug-likeness (QED) is 0.740. The zero-order chi connectivity index (χ0) is 20.2. The number of carbonyl (C=O) groups is 1. The molecule has 2 aromatic heterocycles. The van der Waals surface area contributed by atoms with Crippen LogP contribution in [-0.2, 0) is 0 Å². The highest BCUT2D eigenvalue weighted by atomic mass is 16.1. The molecule has 1 fully saturated rings. The van der Waals surface area contributed by atoms with E-state index in [1.807, 2.05) is 68.6 Å². The molecule has 0 spiro atoms. The fourth-order valence-corrected chi connectivity index (χ4v) is 3.44. The van der Waals surface area contributed by atoms with Gasteiger partial charge in [0.1, 0.15) is 11.6 Å². The number of nitrogens with zero attached hydrogens (tertiary/aromatic N) is 4. The highest BCUT2D eigenvalue weighted by Gasteiger charge is 2.19. The van der Waals surface area contributed by atoms with Crippen molar-refractivity contribution < 1.29 is 4.79 Å². The molecule has 29 heavy (non-hydrogen) atoms. The maximum Gasteiger partial charge on any atom is 0.255 e. The molecule has 1 aliphatic heterocycles. The van der Waals surface area contributed by atoms with Gasteiger partial charge in [0.15, 0.2) is 0 Å². The smallest absolute Gasteiger partial charge is 0.255 e. The summed E-state index contributed by atoms with van der Waals surface area (Å²) in [5, 5.41) is 2.93. The summed E-state index contributed by atoms with van der Waals surface area (Å²) in [6.07, 6.45) is 3.55. The Bertz CT molecular complexity index is 980. The number of carbonyl (C=O) groups excluding carboxylic acids is 1. The Hall–Kier alpha value is -3.41. The fourth-order valence-electron chi connectivity index (χ4n) is 3.44. The molecule has 0 aliphatic carbocycles. The Kier molecular flexibility index (Phi) is 5.42. The maximum atomic E-state index is 12.5. The van der Waals surface area contributed by atoms with E-state index in [1.165, 1.54) is 5.56 Å². The first-order valence-corrected chi connectivity index (χ1v) is 9.86. The number of pyridine rings is 2. The molecule has 4 rings (SSSR count). The molecule has 3 aromatic rings. The average Bonchev–Trinajstić information content (AvgIpc) is 2.77. The first-order valence-electron chi connectivity index (χ1n) is 9.86. The standard InChI is InChI=1S/C23H25N5O/c1-17-6-7-19(15-18(17)2)23(29)26-20-8-9-22(25-16-20)28-13-11-27(12-14-28)21-5-3-4-10-24-21/h3-10,15-16H,11-14H2,1-2H3,(H,26,29). The third-order valence-electron chi connectivity index (χ3n) is 5.35. The van der Waals surface area contributed by atoms with Gasteiger partial charge in [-0.2, -0.15) is 0 Å². The number of amides is 1. The molecule has 0 saturated carbocycles. The second-order valence-corrected chi connectivity index (χ2v) is 7.32. The average molecular weight is 387 g/mol. The summed E-state index contributed by atoms with van der Waals surface area (Å²) in [4.78, 5) is 26.0. The number of benzene rings is 1. The van der Waals surface area contributed by atoms with Crippen molar-refractivity contribution in [3.8, 4) is 0 Å².